The zero-order valence-electron chi connectivity index (χ0n) is 19.4. The second-order valence-corrected chi connectivity index (χ2v) is 10.8. The molecule has 5 nitrogen and oxygen atoms in total. The van der Waals surface area contributed by atoms with Gasteiger partial charge in [-0.3, -0.25) is 4.79 Å². The standard InChI is InChI=1S/C29H23ClO5S/c1-20-7-17-26(18-8-20)36(33,34)19-21-9-11-24(12-10-21)29(32)35-28(23-13-15-25(30)16-14-23)27(31)22-5-3-2-4-6-22/h2-18,28H,19H2,1H3/t28-/m0/s1. The van der Waals surface area contributed by atoms with Gasteiger partial charge in [-0.15, -0.1) is 0 Å². The molecule has 0 amide bonds. The van der Waals surface area contributed by atoms with E-state index in [1.165, 1.54) is 12.1 Å². The van der Waals surface area contributed by atoms with Crippen LogP contribution < -0.4 is 0 Å². The highest BCUT2D eigenvalue weighted by Gasteiger charge is 2.27. The highest BCUT2D eigenvalue weighted by molar-refractivity contribution is 7.90. The second-order valence-electron chi connectivity index (χ2n) is 8.34. The molecule has 4 aromatic rings. The van der Waals surface area contributed by atoms with Crippen LogP contribution in [0.25, 0.3) is 0 Å². The van der Waals surface area contributed by atoms with Gasteiger partial charge in [0.05, 0.1) is 16.2 Å². The van der Waals surface area contributed by atoms with Crippen LogP contribution in [0, 0.1) is 6.92 Å². The van der Waals surface area contributed by atoms with E-state index in [1.807, 2.05) is 6.92 Å². The van der Waals surface area contributed by atoms with Crippen LogP contribution in [0.1, 0.15) is 43.5 Å². The fraction of sp³-hybridized carbons (Fsp3) is 0.103. The summed E-state index contributed by atoms with van der Waals surface area (Å²) in [6, 6.07) is 27.9. The molecule has 4 rings (SSSR count). The first kappa shape index (κ1) is 25.4. The number of carbonyl (C=O) groups is 2. The molecule has 0 radical (unpaired) electrons. The van der Waals surface area contributed by atoms with Gasteiger partial charge in [0, 0.05) is 16.1 Å². The number of hydrogen-bond donors (Lipinski definition) is 0. The van der Waals surface area contributed by atoms with E-state index in [0.29, 0.717) is 21.7 Å². The first-order valence-electron chi connectivity index (χ1n) is 11.2. The van der Waals surface area contributed by atoms with Crippen molar-refractivity contribution in [3.8, 4) is 0 Å². The number of hydrogen-bond acceptors (Lipinski definition) is 5. The lowest BCUT2D eigenvalue weighted by Gasteiger charge is -2.18. The largest absolute Gasteiger partial charge is 0.445 e. The molecule has 0 fully saturated rings. The Balaban J connectivity index is 1.53. The van der Waals surface area contributed by atoms with Crippen molar-refractivity contribution in [1.29, 1.82) is 0 Å². The molecule has 1 atom stereocenters. The van der Waals surface area contributed by atoms with Crippen LogP contribution in [0.5, 0.6) is 0 Å². The summed E-state index contributed by atoms with van der Waals surface area (Å²) in [5.41, 5.74) is 2.59. The summed E-state index contributed by atoms with van der Waals surface area (Å²) in [6.07, 6.45) is -1.17. The predicted octanol–water partition coefficient (Wildman–Crippen LogP) is 6.40. The van der Waals surface area contributed by atoms with Crippen molar-refractivity contribution in [3.63, 3.8) is 0 Å². The number of carbonyl (C=O) groups excluding carboxylic acids is 2. The van der Waals surface area contributed by atoms with E-state index >= 15 is 0 Å². The minimum absolute atomic E-state index is 0.200. The van der Waals surface area contributed by atoms with Crippen molar-refractivity contribution in [3.05, 3.63) is 136 Å². The van der Waals surface area contributed by atoms with Gasteiger partial charge < -0.3 is 4.74 Å². The van der Waals surface area contributed by atoms with Gasteiger partial charge in [0.25, 0.3) is 0 Å². The fourth-order valence-electron chi connectivity index (χ4n) is 3.62. The number of benzene rings is 4. The Bertz CT molecular complexity index is 1460. The molecule has 0 saturated heterocycles. The summed E-state index contributed by atoms with van der Waals surface area (Å²) < 4.78 is 31.1. The lowest BCUT2D eigenvalue weighted by atomic mass is 9.99. The predicted molar refractivity (Wildman–Crippen MR) is 139 cm³/mol. The molecule has 36 heavy (non-hydrogen) atoms. The third-order valence-electron chi connectivity index (χ3n) is 5.62. The average Bonchev–Trinajstić information content (AvgIpc) is 2.88. The number of halogens is 1. The van der Waals surface area contributed by atoms with Crippen molar-refractivity contribution in [1.82, 2.24) is 0 Å². The van der Waals surface area contributed by atoms with E-state index < -0.39 is 21.9 Å². The highest BCUT2D eigenvalue weighted by Crippen LogP contribution is 2.26. The van der Waals surface area contributed by atoms with Crippen LogP contribution in [0.3, 0.4) is 0 Å². The molecule has 0 aromatic heterocycles. The summed E-state index contributed by atoms with van der Waals surface area (Å²) in [5.74, 6) is -1.27. The van der Waals surface area contributed by atoms with E-state index in [4.69, 9.17) is 16.3 Å². The molecule has 0 aliphatic carbocycles. The lowest BCUT2D eigenvalue weighted by molar-refractivity contribution is 0.0280. The van der Waals surface area contributed by atoms with Crippen LogP contribution >= 0.6 is 11.6 Å². The topological polar surface area (TPSA) is 77.5 Å². The van der Waals surface area contributed by atoms with Crippen LogP contribution in [-0.2, 0) is 20.3 Å². The molecule has 0 bridgehead atoms. The minimum Gasteiger partial charge on any atom is -0.445 e. The summed E-state index contributed by atoms with van der Waals surface area (Å²) in [4.78, 5) is 26.4. The molecule has 0 saturated carbocycles. The van der Waals surface area contributed by atoms with E-state index in [-0.39, 0.29) is 22.0 Å². The van der Waals surface area contributed by atoms with Crippen molar-refractivity contribution >= 4 is 33.2 Å². The maximum absolute atomic E-state index is 13.2. The molecule has 7 heteroatoms. The van der Waals surface area contributed by atoms with Crippen LogP contribution in [0.4, 0.5) is 0 Å². The van der Waals surface area contributed by atoms with Gasteiger partial charge in [-0.05, 0) is 48.9 Å². The van der Waals surface area contributed by atoms with Gasteiger partial charge in [-0.2, -0.15) is 0 Å². The van der Waals surface area contributed by atoms with Crippen molar-refractivity contribution in [2.45, 2.75) is 23.7 Å². The minimum atomic E-state index is -3.54. The summed E-state index contributed by atoms with van der Waals surface area (Å²) in [6.45, 7) is 1.89. The van der Waals surface area contributed by atoms with E-state index in [1.54, 1.807) is 91.0 Å². The van der Waals surface area contributed by atoms with Crippen LogP contribution in [0.15, 0.2) is 108 Å². The SMILES string of the molecule is Cc1ccc(S(=O)(=O)Cc2ccc(C(=O)O[C@H](C(=O)c3ccccc3)c3ccc(Cl)cc3)cc2)cc1. The number of esters is 1. The third kappa shape index (κ3) is 6.08. The fourth-order valence-corrected chi connectivity index (χ4v) is 5.10. The Morgan fingerprint density at radius 3 is 2.00 bits per heavy atom. The zero-order chi connectivity index (χ0) is 25.7. The first-order chi connectivity index (χ1) is 17.2. The number of ether oxygens (including phenoxy) is 1. The summed E-state index contributed by atoms with van der Waals surface area (Å²) in [5, 5.41) is 0.493. The van der Waals surface area contributed by atoms with Crippen molar-refractivity contribution in [2.75, 3.05) is 0 Å². The molecule has 0 aliphatic heterocycles. The first-order valence-corrected chi connectivity index (χ1v) is 13.2. The molecule has 0 spiro atoms. The highest BCUT2D eigenvalue weighted by atomic mass is 35.5. The molecule has 0 heterocycles. The number of aryl methyl sites for hydroxylation is 1. The smallest absolute Gasteiger partial charge is 0.339 e. The monoisotopic (exact) mass is 518 g/mol. The Labute approximate surface area is 215 Å². The normalized spacial score (nSPS) is 12.1. The third-order valence-corrected chi connectivity index (χ3v) is 7.58. The number of sulfone groups is 1. The molecular formula is C29H23ClO5S. The maximum atomic E-state index is 13.2. The quantitative estimate of drug-likeness (QED) is 0.199. The molecular weight excluding hydrogens is 496 g/mol. The van der Waals surface area contributed by atoms with Crippen molar-refractivity contribution < 1.29 is 22.7 Å². The Kier molecular flexibility index (Phi) is 7.67. The van der Waals surface area contributed by atoms with Gasteiger partial charge in [-0.25, -0.2) is 13.2 Å². The molecule has 0 N–H and O–H groups in total. The Hall–Kier alpha value is -3.74. The van der Waals surface area contributed by atoms with Gasteiger partial charge >= 0.3 is 5.97 Å². The maximum Gasteiger partial charge on any atom is 0.339 e. The summed E-state index contributed by atoms with van der Waals surface area (Å²) in [7, 11) is -3.54. The van der Waals surface area contributed by atoms with Crippen LogP contribution in [-0.4, -0.2) is 20.2 Å². The van der Waals surface area contributed by atoms with E-state index in [2.05, 4.69) is 0 Å². The Morgan fingerprint density at radius 2 is 1.39 bits per heavy atom. The summed E-state index contributed by atoms with van der Waals surface area (Å²) >= 11 is 5.99. The van der Waals surface area contributed by atoms with Crippen molar-refractivity contribution in [2.24, 2.45) is 0 Å². The second kappa shape index (κ2) is 10.9. The zero-order valence-corrected chi connectivity index (χ0v) is 21.0. The van der Waals surface area contributed by atoms with Crippen LogP contribution in [0.2, 0.25) is 5.02 Å². The number of ketones is 1. The van der Waals surface area contributed by atoms with Gasteiger partial charge in [0.1, 0.15) is 0 Å². The van der Waals surface area contributed by atoms with E-state index in [0.717, 1.165) is 5.56 Å². The average molecular weight is 519 g/mol. The van der Waals surface area contributed by atoms with E-state index in [9.17, 15) is 18.0 Å². The molecule has 4 aromatic carbocycles. The molecule has 0 unspecified atom stereocenters. The van der Waals surface area contributed by atoms with Gasteiger partial charge in [0.15, 0.2) is 15.9 Å². The number of Topliss-reactive ketones (excluding diaryl/α,β-unsaturated/α-hetero) is 1. The lowest BCUT2D eigenvalue weighted by Crippen LogP contribution is -2.20. The Morgan fingerprint density at radius 1 is 0.778 bits per heavy atom. The number of rotatable bonds is 8. The van der Waals surface area contributed by atoms with Gasteiger partial charge in [0.2, 0.25) is 5.78 Å². The molecule has 182 valence electrons. The van der Waals surface area contributed by atoms with Gasteiger partial charge in [-0.1, -0.05) is 83.9 Å². The molecule has 0 aliphatic rings.